The number of hydrogen-bond acceptors (Lipinski definition) is 4. The SMILES string of the molecule is Cl.O=C(c1cccc2cnccc12)N1CCN(S(=O)(=O)c2ccc(C(F)(F)F)cc2)CC1. The fourth-order valence-electron chi connectivity index (χ4n) is 3.58. The summed E-state index contributed by atoms with van der Waals surface area (Å²) >= 11 is 0. The summed E-state index contributed by atoms with van der Waals surface area (Å²) < 4.78 is 65.0. The molecule has 0 unspecified atom stereocenters. The lowest BCUT2D eigenvalue weighted by atomic mass is 10.1. The zero-order valence-electron chi connectivity index (χ0n) is 16.6. The molecule has 0 saturated carbocycles. The van der Waals surface area contributed by atoms with Crippen molar-refractivity contribution in [3.8, 4) is 0 Å². The molecule has 0 spiro atoms. The number of pyridine rings is 1. The first-order valence-electron chi connectivity index (χ1n) is 9.47. The third-order valence-electron chi connectivity index (χ3n) is 5.26. The molecule has 32 heavy (non-hydrogen) atoms. The van der Waals surface area contributed by atoms with Crippen LogP contribution in [0.3, 0.4) is 0 Å². The Balaban J connectivity index is 0.00000289. The molecule has 1 aromatic heterocycles. The summed E-state index contributed by atoms with van der Waals surface area (Å²) in [5.74, 6) is -0.205. The fraction of sp³-hybridized carbons (Fsp3) is 0.238. The maximum atomic E-state index is 13.0. The number of carbonyl (C=O) groups excluding carboxylic acids is 1. The van der Waals surface area contributed by atoms with Crippen molar-refractivity contribution in [1.82, 2.24) is 14.2 Å². The number of carbonyl (C=O) groups is 1. The van der Waals surface area contributed by atoms with Crippen LogP contribution in [0.5, 0.6) is 0 Å². The Morgan fingerprint density at radius 1 is 0.938 bits per heavy atom. The normalized spacial score (nSPS) is 15.4. The average Bonchev–Trinajstić information content (AvgIpc) is 2.78. The van der Waals surface area contributed by atoms with Crippen LogP contribution in [0.1, 0.15) is 15.9 Å². The number of nitrogens with zero attached hydrogens (tertiary/aromatic N) is 3. The molecule has 0 bridgehead atoms. The number of sulfonamides is 1. The van der Waals surface area contributed by atoms with Crippen LogP contribution < -0.4 is 0 Å². The van der Waals surface area contributed by atoms with Gasteiger partial charge in [0, 0.05) is 49.5 Å². The largest absolute Gasteiger partial charge is 0.416 e. The molecule has 1 aliphatic heterocycles. The van der Waals surface area contributed by atoms with Crippen LogP contribution >= 0.6 is 12.4 Å². The molecule has 1 amide bonds. The Hall–Kier alpha value is -2.69. The number of benzene rings is 2. The van der Waals surface area contributed by atoms with Gasteiger partial charge in [-0.1, -0.05) is 12.1 Å². The summed E-state index contributed by atoms with van der Waals surface area (Å²) in [6.45, 7) is 0.475. The van der Waals surface area contributed by atoms with E-state index in [1.165, 1.54) is 4.31 Å². The second-order valence-electron chi connectivity index (χ2n) is 7.12. The van der Waals surface area contributed by atoms with Gasteiger partial charge in [-0.3, -0.25) is 9.78 Å². The van der Waals surface area contributed by atoms with E-state index >= 15 is 0 Å². The number of amides is 1. The van der Waals surface area contributed by atoms with Crippen LogP contribution in [-0.2, 0) is 16.2 Å². The van der Waals surface area contributed by atoms with Crippen LogP contribution in [0.2, 0.25) is 0 Å². The molecule has 1 aliphatic rings. The summed E-state index contributed by atoms with van der Waals surface area (Å²) in [6, 6.07) is 10.5. The highest BCUT2D eigenvalue weighted by atomic mass is 35.5. The minimum Gasteiger partial charge on any atom is -0.336 e. The average molecular weight is 486 g/mol. The van der Waals surface area contributed by atoms with E-state index in [4.69, 9.17) is 0 Å². The number of fused-ring (bicyclic) bond motifs is 1. The Labute approximate surface area is 189 Å². The number of piperazine rings is 1. The molecule has 170 valence electrons. The van der Waals surface area contributed by atoms with E-state index in [9.17, 15) is 26.4 Å². The van der Waals surface area contributed by atoms with Gasteiger partial charge in [0.2, 0.25) is 10.0 Å². The second kappa shape index (κ2) is 9.05. The van der Waals surface area contributed by atoms with Gasteiger partial charge in [0.1, 0.15) is 0 Å². The molecule has 6 nitrogen and oxygen atoms in total. The molecule has 11 heteroatoms. The van der Waals surface area contributed by atoms with Crippen molar-refractivity contribution in [2.75, 3.05) is 26.2 Å². The summed E-state index contributed by atoms with van der Waals surface area (Å²) in [5.41, 5.74) is -0.397. The van der Waals surface area contributed by atoms with Gasteiger partial charge in [0.25, 0.3) is 5.91 Å². The van der Waals surface area contributed by atoms with Crippen molar-refractivity contribution in [3.63, 3.8) is 0 Å². The van der Waals surface area contributed by atoms with Gasteiger partial charge in [-0.25, -0.2) is 8.42 Å². The zero-order valence-corrected chi connectivity index (χ0v) is 18.3. The predicted octanol–water partition coefficient (Wildman–Crippen LogP) is 3.82. The lowest BCUT2D eigenvalue weighted by molar-refractivity contribution is -0.137. The third kappa shape index (κ3) is 4.57. The van der Waals surface area contributed by atoms with Gasteiger partial charge in [0.15, 0.2) is 0 Å². The Kier molecular flexibility index (Phi) is 6.77. The lowest BCUT2D eigenvalue weighted by Gasteiger charge is -2.34. The number of hydrogen-bond donors (Lipinski definition) is 0. The van der Waals surface area contributed by atoms with Crippen LogP contribution in [0.25, 0.3) is 10.8 Å². The fourth-order valence-corrected chi connectivity index (χ4v) is 5.00. The minimum atomic E-state index is -4.54. The third-order valence-corrected chi connectivity index (χ3v) is 7.17. The van der Waals surface area contributed by atoms with Crippen molar-refractivity contribution in [2.45, 2.75) is 11.1 Å². The van der Waals surface area contributed by atoms with Crippen LogP contribution in [0, 0.1) is 0 Å². The summed E-state index contributed by atoms with van der Waals surface area (Å²) in [7, 11) is -3.95. The molecule has 2 aromatic carbocycles. The molecular formula is C21H19ClF3N3O3S. The Morgan fingerprint density at radius 2 is 1.59 bits per heavy atom. The molecule has 3 aromatic rings. The summed E-state index contributed by atoms with van der Waals surface area (Å²) in [4.78, 5) is 18.4. The highest BCUT2D eigenvalue weighted by Crippen LogP contribution is 2.30. The van der Waals surface area contributed by atoms with Crippen LogP contribution in [0.4, 0.5) is 13.2 Å². The standard InChI is InChI=1S/C21H18F3N3O3S.ClH/c22-21(23,24)16-4-6-17(7-5-16)31(29,30)27-12-10-26(11-13-27)20(28)19-3-1-2-15-14-25-9-8-18(15)19;/h1-9,14H,10-13H2;1H. The Morgan fingerprint density at radius 3 is 2.22 bits per heavy atom. The van der Waals surface area contributed by atoms with Gasteiger partial charge in [-0.05, 0) is 41.8 Å². The van der Waals surface area contributed by atoms with E-state index in [-0.39, 0.29) is 49.4 Å². The maximum absolute atomic E-state index is 13.0. The topological polar surface area (TPSA) is 70.6 Å². The Bertz CT molecular complexity index is 1220. The highest BCUT2D eigenvalue weighted by Gasteiger charge is 2.33. The van der Waals surface area contributed by atoms with Crippen molar-refractivity contribution >= 4 is 39.1 Å². The van der Waals surface area contributed by atoms with E-state index in [1.54, 1.807) is 35.5 Å². The highest BCUT2D eigenvalue weighted by molar-refractivity contribution is 7.89. The van der Waals surface area contributed by atoms with Crippen molar-refractivity contribution in [3.05, 3.63) is 72.1 Å². The van der Waals surface area contributed by atoms with Crippen molar-refractivity contribution in [1.29, 1.82) is 0 Å². The zero-order chi connectivity index (χ0) is 22.2. The summed E-state index contributed by atoms with van der Waals surface area (Å²) in [6.07, 6.45) is -1.26. The van der Waals surface area contributed by atoms with Crippen LogP contribution in [-0.4, -0.2) is 54.7 Å². The molecule has 1 saturated heterocycles. The molecule has 0 radical (unpaired) electrons. The van der Waals surface area contributed by atoms with E-state index < -0.39 is 21.8 Å². The lowest BCUT2D eigenvalue weighted by Crippen LogP contribution is -2.50. The van der Waals surface area contributed by atoms with Gasteiger partial charge in [-0.15, -0.1) is 12.4 Å². The molecular weight excluding hydrogens is 467 g/mol. The van der Waals surface area contributed by atoms with Crippen LogP contribution in [0.15, 0.2) is 65.8 Å². The van der Waals surface area contributed by atoms with E-state index in [0.29, 0.717) is 5.56 Å². The first kappa shape index (κ1) is 24.0. The number of alkyl halides is 3. The van der Waals surface area contributed by atoms with E-state index in [0.717, 1.165) is 35.0 Å². The van der Waals surface area contributed by atoms with Gasteiger partial charge in [-0.2, -0.15) is 17.5 Å². The van der Waals surface area contributed by atoms with Gasteiger partial charge in [0.05, 0.1) is 10.5 Å². The molecule has 0 aliphatic carbocycles. The molecule has 0 atom stereocenters. The maximum Gasteiger partial charge on any atom is 0.416 e. The molecule has 0 N–H and O–H groups in total. The molecule has 4 rings (SSSR count). The van der Waals surface area contributed by atoms with Gasteiger partial charge >= 0.3 is 6.18 Å². The molecule has 1 fully saturated rings. The first-order chi connectivity index (χ1) is 14.7. The van der Waals surface area contributed by atoms with Crippen molar-refractivity contribution in [2.24, 2.45) is 0 Å². The monoisotopic (exact) mass is 485 g/mol. The van der Waals surface area contributed by atoms with Gasteiger partial charge < -0.3 is 4.90 Å². The van der Waals surface area contributed by atoms with E-state index in [1.807, 2.05) is 6.07 Å². The minimum absolute atomic E-state index is 0. The number of aromatic nitrogens is 1. The van der Waals surface area contributed by atoms with Crippen molar-refractivity contribution < 1.29 is 26.4 Å². The first-order valence-corrected chi connectivity index (χ1v) is 10.9. The number of halogens is 4. The second-order valence-corrected chi connectivity index (χ2v) is 9.06. The summed E-state index contributed by atoms with van der Waals surface area (Å²) in [5, 5.41) is 1.60. The van der Waals surface area contributed by atoms with E-state index in [2.05, 4.69) is 4.98 Å². The quantitative estimate of drug-likeness (QED) is 0.565. The number of rotatable bonds is 3. The smallest absolute Gasteiger partial charge is 0.336 e. The predicted molar refractivity (Wildman–Crippen MR) is 115 cm³/mol. The molecule has 2 heterocycles.